The molecule has 1 aromatic heterocycles. The molecule has 0 aliphatic heterocycles. The monoisotopic (exact) mass is 281 g/mol. The van der Waals surface area contributed by atoms with E-state index in [1.165, 1.54) is 10.8 Å². The van der Waals surface area contributed by atoms with Crippen LogP contribution in [0.25, 0.3) is 10.8 Å². The average molecular weight is 282 g/mol. The maximum atomic E-state index is 4.26. The van der Waals surface area contributed by atoms with Crippen molar-refractivity contribution >= 4 is 26.7 Å². The first-order chi connectivity index (χ1) is 7.79. The summed E-state index contributed by atoms with van der Waals surface area (Å²) in [6.45, 7) is 10.00. The van der Waals surface area contributed by atoms with Gasteiger partial charge in [0.05, 0.1) is 5.69 Å². The number of aromatic nitrogens is 1. The molecule has 2 rings (SSSR count). The number of hydrogen-bond acceptors (Lipinski definition) is 1. The molecule has 2 aromatic rings. The molecule has 16 heavy (non-hydrogen) atoms. The molecule has 1 nitrogen and oxygen atoms in total. The van der Waals surface area contributed by atoms with Gasteiger partial charge < -0.3 is 0 Å². The second-order valence-corrected chi connectivity index (χ2v) is 3.54. The van der Waals surface area contributed by atoms with Gasteiger partial charge in [0.1, 0.15) is 0 Å². The van der Waals surface area contributed by atoms with Crippen LogP contribution in [0, 0.1) is 6.92 Å². The van der Waals surface area contributed by atoms with Gasteiger partial charge in [0, 0.05) is 16.1 Å². The minimum atomic E-state index is 1.04. The van der Waals surface area contributed by atoms with Crippen LogP contribution in [-0.2, 0) is 0 Å². The largest absolute Gasteiger partial charge is 0.260 e. The molecule has 0 saturated heterocycles. The smallest absolute Gasteiger partial charge is 0.0521 e. The number of fused-ring (bicyclic) bond motifs is 1. The van der Waals surface area contributed by atoms with Crippen molar-refractivity contribution in [2.24, 2.45) is 0 Å². The predicted octanol–water partition coefficient (Wildman–Crippen LogP) is 5.36. The first-order valence-corrected chi connectivity index (χ1v) is 6.58. The molecular formula is C14H20BrN. The number of rotatable bonds is 0. The standard InChI is InChI=1S/C10H8BrN.2C2H6/c1-7-10(11)9-5-3-2-4-8(9)6-12-7;2*1-2/h2-6H,1H3;2*1-2H3. The second kappa shape index (κ2) is 8.28. The molecule has 1 heterocycles. The maximum Gasteiger partial charge on any atom is 0.0521 e. The normalized spacial score (nSPS) is 8.62. The summed E-state index contributed by atoms with van der Waals surface area (Å²) >= 11 is 3.52. The van der Waals surface area contributed by atoms with E-state index in [1.54, 1.807) is 0 Å². The van der Waals surface area contributed by atoms with Crippen LogP contribution < -0.4 is 0 Å². The van der Waals surface area contributed by atoms with Crippen LogP contribution in [0.15, 0.2) is 34.9 Å². The molecular weight excluding hydrogens is 262 g/mol. The average Bonchev–Trinajstić information content (AvgIpc) is 2.39. The highest BCUT2D eigenvalue weighted by molar-refractivity contribution is 9.10. The van der Waals surface area contributed by atoms with E-state index in [-0.39, 0.29) is 0 Å². The van der Waals surface area contributed by atoms with Gasteiger partial charge in [0.25, 0.3) is 0 Å². The van der Waals surface area contributed by atoms with Crippen molar-refractivity contribution in [1.82, 2.24) is 4.98 Å². The van der Waals surface area contributed by atoms with Crippen LogP contribution in [0.2, 0.25) is 0 Å². The van der Waals surface area contributed by atoms with E-state index in [4.69, 9.17) is 0 Å². The summed E-state index contributed by atoms with van der Waals surface area (Å²) in [4.78, 5) is 4.26. The molecule has 0 radical (unpaired) electrons. The number of pyridine rings is 1. The zero-order chi connectivity index (χ0) is 12.6. The predicted molar refractivity (Wildman–Crippen MR) is 76.9 cm³/mol. The molecule has 0 unspecified atom stereocenters. The number of benzene rings is 1. The van der Waals surface area contributed by atoms with Gasteiger partial charge in [0.15, 0.2) is 0 Å². The van der Waals surface area contributed by atoms with Crippen molar-refractivity contribution in [1.29, 1.82) is 0 Å². The van der Waals surface area contributed by atoms with Gasteiger partial charge in [-0.1, -0.05) is 52.0 Å². The van der Waals surface area contributed by atoms with E-state index in [9.17, 15) is 0 Å². The van der Waals surface area contributed by atoms with Crippen LogP contribution in [0.5, 0.6) is 0 Å². The summed E-state index contributed by atoms with van der Waals surface area (Å²) in [5.41, 5.74) is 1.04. The van der Waals surface area contributed by atoms with Crippen molar-refractivity contribution in [3.63, 3.8) is 0 Å². The molecule has 0 bridgehead atoms. The quantitative estimate of drug-likeness (QED) is 0.634. The van der Waals surface area contributed by atoms with Gasteiger partial charge in [-0.2, -0.15) is 0 Å². The summed E-state index contributed by atoms with van der Waals surface area (Å²) < 4.78 is 1.10. The van der Waals surface area contributed by atoms with Crippen molar-refractivity contribution < 1.29 is 0 Å². The molecule has 0 aliphatic rings. The molecule has 0 amide bonds. The molecule has 0 saturated carbocycles. The zero-order valence-electron chi connectivity index (χ0n) is 10.7. The lowest BCUT2D eigenvalue weighted by Crippen LogP contribution is -1.83. The first kappa shape index (κ1) is 15.1. The molecule has 0 atom stereocenters. The second-order valence-electron chi connectivity index (χ2n) is 2.74. The summed E-state index contributed by atoms with van der Waals surface area (Å²) in [5.74, 6) is 0. The van der Waals surface area contributed by atoms with Crippen molar-refractivity contribution in [3.05, 3.63) is 40.6 Å². The van der Waals surface area contributed by atoms with Crippen LogP contribution in [0.4, 0.5) is 0 Å². The molecule has 88 valence electrons. The van der Waals surface area contributed by atoms with Gasteiger partial charge >= 0.3 is 0 Å². The lowest BCUT2D eigenvalue weighted by molar-refractivity contribution is 1.21. The van der Waals surface area contributed by atoms with Crippen LogP contribution in [0.1, 0.15) is 33.4 Å². The van der Waals surface area contributed by atoms with Crippen LogP contribution >= 0.6 is 15.9 Å². The Balaban J connectivity index is 0.000000509. The molecule has 1 aromatic carbocycles. The molecule has 0 fully saturated rings. The summed E-state index contributed by atoms with van der Waals surface area (Å²) in [6.07, 6.45) is 1.90. The van der Waals surface area contributed by atoms with Gasteiger partial charge in [0.2, 0.25) is 0 Å². The maximum absolute atomic E-state index is 4.26. The Labute approximate surface area is 107 Å². The van der Waals surface area contributed by atoms with E-state index in [2.05, 4.69) is 33.0 Å². The Morgan fingerprint density at radius 2 is 1.56 bits per heavy atom. The van der Waals surface area contributed by atoms with Gasteiger partial charge in [-0.15, -0.1) is 0 Å². The SMILES string of the molecule is CC.CC.Cc1ncc2ccccc2c1Br. The highest BCUT2D eigenvalue weighted by Crippen LogP contribution is 2.24. The number of aryl methyl sites for hydroxylation is 1. The van der Waals surface area contributed by atoms with Crippen molar-refractivity contribution in [3.8, 4) is 0 Å². The summed E-state index contributed by atoms with van der Waals surface area (Å²) in [7, 11) is 0. The molecule has 0 N–H and O–H groups in total. The van der Waals surface area contributed by atoms with Gasteiger partial charge in [-0.3, -0.25) is 4.98 Å². The third-order valence-electron chi connectivity index (χ3n) is 1.91. The highest BCUT2D eigenvalue weighted by atomic mass is 79.9. The van der Waals surface area contributed by atoms with Crippen molar-refractivity contribution in [2.75, 3.05) is 0 Å². The van der Waals surface area contributed by atoms with Crippen LogP contribution in [-0.4, -0.2) is 4.98 Å². The zero-order valence-corrected chi connectivity index (χ0v) is 12.3. The van der Waals surface area contributed by atoms with E-state index in [0.717, 1.165) is 10.2 Å². The molecule has 2 heteroatoms. The number of hydrogen-bond donors (Lipinski definition) is 0. The third-order valence-corrected chi connectivity index (χ3v) is 2.91. The fourth-order valence-corrected chi connectivity index (χ4v) is 1.69. The lowest BCUT2D eigenvalue weighted by atomic mass is 10.1. The Morgan fingerprint density at radius 1 is 1.00 bits per heavy atom. The highest BCUT2D eigenvalue weighted by Gasteiger charge is 2.00. The van der Waals surface area contributed by atoms with Gasteiger partial charge in [-0.05, 0) is 28.2 Å². The summed E-state index contributed by atoms with van der Waals surface area (Å²) in [5, 5.41) is 2.40. The van der Waals surface area contributed by atoms with E-state index in [1.807, 2.05) is 52.9 Å². The Bertz CT molecular complexity index is 424. The minimum absolute atomic E-state index is 1.04. The van der Waals surface area contributed by atoms with E-state index < -0.39 is 0 Å². The van der Waals surface area contributed by atoms with Crippen molar-refractivity contribution in [2.45, 2.75) is 34.6 Å². The molecule has 0 spiro atoms. The fourth-order valence-electron chi connectivity index (χ4n) is 1.23. The Hall–Kier alpha value is -0.890. The molecule has 0 aliphatic carbocycles. The summed E-state index contributed by atoms with van der Waals surface area (Å²) in [6, 6.07) is 8.21. The first-order valence-electron chi connectivity index (χ1n) is 5.79. The lowest BCUT2D eigenvalue weighted by Gasteiger charge is -2.01. The van der Waals surface area contributed by atoms with Gasteiger partial charge in [-0.25, -0.2) is 0 Å². The number of halogens is 1. The number of nitrogens with zero attached hydrogens (tertiary/aromatic N) is 1. The minimum Gasteiger partial charge on any atom is -0.260 e. The van der Waals surface area contributed by atoms with Crippen LogP contribution in [0.3, 0.4) is 0 Å². The fraction of sp³-hybridized carbons (Fsp3) is 0.357. The van der Waals surface area contributed by atoms with E-state index >= 15 is 0 Å². The third kappa shape index (κ3) is 3.60. The van der Waals surface area contributed by atoms with E-state index in [0.29, 0.717) is 0 Å². The topological polar surface area (TPSA) is 12.9 Å². The Kier molecular flexibility index (Phi) is 7.82. The Morgan fingerprint density at radius 3 is 2.19 bits per heavy atom.